The highest BCUT2D eigenvalue weighted by molar-refractivity contribution is 5.58. The molecule has 0 saturated heterocycles. The van der Waals surface area contributed by atoms with Gasteiger partial charge in [-0.15, -0.1) is 0 Å². The van der Waals surface area contributed by atoms with Gasteiger partial charge in [-0.3, -0.25) is 0 Å². The van der Waals surface area contributed by atoms with Gasteiger partial charge in [0.05, 0.1) is 11.4 Å². The third-order valence-corrected chi connectivity index (χ3v) is 2.66. The van der Waals surface area contributed by atoms with E-state index in [1.165, 1.54) is 12.1 Å². The van der Waals surface area contributed by atoms with E-state index in [-0.39, 0.29) is 5.69 Å². The van der Waals surface area contributed by atoms with Crippen molar-refractivity contribution in [3.63, 3.8) is 0 Å². The van der Waals surface area contributed by atoms with Gasteiger partial charge in [0.2, 0.25) is 5.88 Å². The quantitative estimate of drug-likeness (QED) is 0.717. The van der Waals surface area contributed by atoms with Crippen LogP contribution in [0.2, 0.25) is 0 Å². The van der Waals surface area contributed by atoms with E-state index < -0.39 is 5.82 Å². The van der Waals surface area contributed by atoms with E-state index in [1.54, 1.807) is 23.0 Å². The Morgan fingerprint density at radius 2 is 2.16 bits per heavy atom. The van der Waals surface area contributed by atoms with Crippen LogP contribution in [0.5, 0.6) is 11.6 Å². The molecule has 0 saturated carbocycles. The topological polar surface area (TPSA) is 65.4 Å². The Balaban J connectivity index is 2.02. The number of anilines is 1. The standard InChI is InChI=1S/C13H11FN4O/c1-8-6-12-13(16-4-5-18(12)17-8)19-9-2-3-11(15)10(14)7-9/h2-7H,15H2,1H3. The molecule has 96 valence electrons. The molecule has 0 atom stereocenters. The zero-order valence-corrected chi connectivity index (χ0v) is 10.2. The van der Waals surface area contributed by atoms with Crippen LogP contribution in [0.3, 0.4) is 0 Å². The Labute approximate surface area is 108 Å². The van der Waals surface area contributed by atoms with Crippen LogP contribution in [0.1, 0.15) is 5.69 Å². The van der Waals surface area contributed by atoms with Crippen LogP contribution in [0, 0.1) is 12.7 Å². The average molecular weight is 258 g/mol. The van der Waals surface area contributed by atoms with E-state index >= 15 is 0 Å². The van der Waals surface area contributed by atoms with Crippen molar-refractivity contribution in [3.8, 4) is 11.6 Å². The Kier molecular flexibility index (Phi) is 2.56. The minimum absolute atomic E-state index is 0.0821. The number of halogens is 1. The second kappa shape index (κ2) is 4.24. The molecule has 0 aliphatic heterocycles. The lowest BCUT2D eigenvalue weighted by atomic mass is 10.3. The fourth-order valence-corrected chi connectivity index (χ4v) is 1.78. The Hall–Kier alpha value is -2.63. The van der Waals surface area contributed by atoms with Crippen LogP contribution in [-0.4, -0.2) is 14.6 Å². The van der Waals surface area contributed by atoms with Crippen molar-refractivity contribution in [3.05, 3.63) is 48.2 Å². The van der Waals surface area contributed by atoms with Crippen molar-refractivity contribution < 1.29 is 9.13 Å². The molecule has 0 aliphatic rings. The molecule has 0 unspecified atom stereocenters. The zero-order valence-electron chi connectivity index (χ0n) is 10.2. The maximum absolute atomic E-state index is 13.4. The predicted molar refractivity (Wildman–Crippen MR) is 68.6 cm³/mol. The summed E-state index contributed by atoms with van der Waals surface area (Å²) in [6.45, 7) is 1.87. The molecule has 0 aliphatic carbocycles. The van der Waals surface area contributed by atoms with Gasteiger partial charge in [-0.05, 0) is 25.1 Å². The Bertz CT molecular complexity index is 753. The molecule has 1 aromatic carbocycles. The summed E-state index contributed by atoms with van der Waals surface area (Å²) in [5.41, 5.74) is 7.07. The van der Waals surface area contributed by atoms with Crippen LogP contribution in [0.25, 0.3) is 5.52 Å². The molecule has 2 aromatic heterocycles. The highest BCUT2D eigenvalue weighted by Gasteiger charge is 2.09. The van der Waals surface area contributed by atoms with Gasteiger partial charge in [-0.1, -0.05) is 0 Å². The van der Waals surface area contributed by atoms with E-state index in [0.29, 0.717) is 11.6 Å². The third-order valence-electron chi connectivity index (χ3n) is 2.66. The highest BCUT2D eigenvalue weighted by atomic mass is 19.1. The monoisotopic (exact) mass is 258 g/mol. The van der Waals surface area contributed by atoms with Crippen LogP contribution in [0.15, 0.2) is 36.7 Å². The largest absolute Gasteiger partial charge is 0.437 e. The molecule has 3 aromatic rings. The minimum Gasteiger partial charge on any atom is -0.437 e. The number of ether oxygens (including phenoxy) is 1. The summed E-state index contributed by atoms with van der Waals surface area (Å²) in [5.74, 6) is 0.188. The summed E-state index contributed by atoms with van der Waals surface area (Å²) >= 11 is 0. The number of fused-ring (bicyclic) bond motifs is 1. The smallest absolute Gasteiger partial charge is 0.245 e. The minimum atomic E-state index is -0.519. The van der Waals surface area contributed by atoms with Crippen LogP contribution in [-0.2, 0) is 0 Å². The van der Waals surface area contributed by atoms with E-state index in [1.807, 2.05) is 13.0 Å². The van der Waals surface area contributed by atoms with Crippen molar-refractivity contribution >= 4 is 11.2 Å². The summed E-state index contributed by atoms with van der Waals surface area (Å²) in [7, 11) is 0. The van der Waals surface area contributed by atoms with Gasteiger partial charge in [0.15, 0.2) is 0 Å². The SMILES string of the molecule is Cc1cc2c(Oc3ccc(N)c(F)c3)nccn2n1. The van der Waals surface area contributed by atoms with Gasteiger partial charge in [0.25, 0.3) is 0 Å². The van der Waals surface area contributed by atoms with Crippen molar-refractivity contribution in [2.45, 2.75) is 6.92 Å². The molecule has 19 heavy (non-hydrogen) atoms. The number of rotatable bonds is 2. The molecule has 0 bridgehead atoms. The van der Waals surface area contributed by atoms with E-state index in [0.717, 1.165) is 11.2 Å². The molecular weight excluding hydrogens is 247 g/mol. The lowest BCUT2D eigenvalue weighted by molar-refractivity contribution is 0.461. The first-order valence-electron chi connectivity index (χ1n) is 5.67. The van der Waals surface area contributed by atoms with Gasteiger partial charge in [-0.25, -0.2) is 13.9 Å². The molecule has 0 fully saturated rings. The predicted octanol–water partition coefficient (Wildman–Crippen LogP) is 2.55. The Morgan fingerprint density at radius 1 is 1.32 bits per heavy atom. The van der Waals surface area contributed by atoms with Crippen LogP contribution in [0.4, 0.5) is 10.1 Å². The first-order chi connectivity index (χ1) is 9.13. The maximum Gasteiger partial charge on any atom is 0.245 e. The second-order valence-corrected chi connectivity index (χ2v) is 4.13. The number of aryl methyl sites for hydroxylation is 1. The zero-order chi connectivity index (χ0) is 13.4. The number of hydrogen-bond acceptors (Lipinski definition) is 4. The van der Waals surface area contributed by atoms with Gasteiger partial charge in [0, 0.05) is 18.5 Å². The number of nitrogen functional groups attached to an aromatic ring is 1. The molecule has 6 heteroatoms. The normalized spacial score (nSPS) is 10.8. The average Bonchev–Trinajstić information content (AvgIpc) is 2.75. The number of nitrogens with zero attached hydrogens (tertiary/aromatic N) is 3. The van der Waals surface area contributed by atoms with E-state index in [2.05, 4.69) is 10.1 Å². The van der Waals surface area contributed by atoms with Gasteiger partial charge >= 0.3 is 0 Å². The van der Waals surface area contributed by atoms with Gasteiger partial charge in [0.1, 0.15) is 17.1 Å². The van der Waals surface area contributed by atoms with E-state index in [4.69, 9.17) is 10.5 Å². The van der Waals surface area contributed by atoms with Crippen LogP contribution < -0.4 is 10.5 Å². The number of nitrogens with two attached hydrogens (primary N) is 1. The fraction of sp³-hybridized carbons (Fsp3) is 0.0769. The van der Waals surface area contributed by atoms with Crippen molar-refractivity contribution in [2.75, 3.05) is 5.73 Å². The maximum atomic E-state index is 13.4. The molecule has 5 nitrogen and oxygen atoms in total. The Morgan fingerprint density at radius 3 is 2.95 bits per heavy atom. The van der Waals surface area contributed by atoms with Crippen molar-refractivity contribution in [2.24, 2.45) is 0 Å². The molecule has 0 amide bonds. The summed E-state index contributed by atoms with van der Waals surface area (Å²) < 4.78 is 20.6. The van der Waals surface area contributed by atoms with Crippen LogP contribution >= 0.6 is 0 Å². The first kappa shape index (κ1) is 11.5. The molecule has 3 rings (SSSR count). The van der Waals surface area contributed by atoms with Gasteiger partial charge < -0.3 is 10.5 Å². The number of hydrogen-bond donors (Lipinski definition) is 1. The second-order valence-electron chi connectivity index (χ2n) is 4.13. The summed E-state index contributed by atoms with van der Waals surface area (Å²) in [6.07, 6.45) is 3.29. The molecule has 2 N–H and O–H groups in total. The summed E-state index contributed by atoms with van der Waals surface area (Å²) in [4.78, 5) is 4.13. The highest BCUT2D eigenvalue weighted by Crippen LogP contribution is 2.26. The summed E-state index contributed by atoms with van der Waals surface area (Å²) in [5, 5.41) is 4.25. The molecule has 0 radical (unpaired) electrons. The number of benzene rings is 1. The lowest BCUT2D eigenvalue weighted by Gasteiger charge is -2.06. The number of aromatic nitrogens is 3. The van der Waals surface area contributed by atoms with Gasteiger partial charge in [-0.2, -0.15) is 5.10 Å². The first-order valence-corrected chi connectivity index (χ1v) is 5.67. The van der Waals surface area contributed by atoms with E-state index in [9.17, 15) is 4.39 Å². The fourth-order valence-electron chi connectivity index (χ4n) is 1.78. The lowest BCUT2D eigenvalue weighted by Crippen LogP contribution is -1.95. The molecule has 2 heterocycles. The molecular formula is C13H11FN4O. The van der Waals surface area contributed by atoms with Crippen molar-refractivity contribution in [1.29, 1.82) is 0 Å². The molecule has 0 spiro atoms. The third kappa shape index (κ3) is 2.08. The summed E-state index contributed by atoms with van der Waals surface area (Å²) in [6, 6.07) is 6.11. The van der Waals surface area contributed by atoms with Crippen molar-refractivity contribution in [1.82, 2.24) is 14.6 Å².